The van der Waals surface area contributed by atoms with Crippen LogP contribution in [-0.2, 0) is 52.0 Å². The van der Waals surface area contributed by atoms with Crippen LogP contribution in [0.5, 0.6) is 0 Å². The number of ether oxygens (including phenoxy) is 5. The number of phosphoric ester groups is 1. The fourth-order valence-corrected chi connectivity index (χ4v) is 14.5. The Bertz CT molecular complexity index is 2170. The lowest BCUT2D eigenvalue weighted by Gasteiger charge is -2.49. The zero-order valence-electron chi connectivity index (χ0n) is 61.4. The molecule has 100 heavy (non-hydrogen) atoms. The maximum atomic E-state index is 14.4. The van der Waals surface area contributed by atoms with Gasteiger partial charge in [0, 0.05) is 19.3 Å². The van der Waals surface area contributed by atoms with Crippen molar-refractivity contribution in [2.75, 3.05) is 13.2 Å². The van der Waals surface area contributed by atoms with Crippen molar-refractivity contribution in [3.05, 3.63) is 0 Å². The number of hydrogen-bond donors (Lipinski definition) is 14. The van der Waals surface area contributed by atoms with Crippen molar-refractivity contribution >= 4 is 31.6 Å². The minimum atomic E-state index is -5.51. The van der Waals surface area contributed by atoms with Crippen molar-refractivity contribution < 1.29 is 113 Å². The van der Waals surface area contributed by atoms with Crippen LogP contribution in [0.2, 0.25) is 0 Å². The number of aliphatic hydroxyl groups is 9. The zero-order chi connectivity index (χ0) is 73.6. The van der Waals surface area contributed by atoms with Crippen LogP contribution in [0, 0.1) is 0 Å². The highest BCUT2D eigenvalue weighted by atomic mass is 31.2. The highest BCUT2D eigenvalue weighted by molar-refractivity contribution is 7.46. The molecule has 0 radical (unpaired) electrons. The molecule has 0 bridgehead atoms. The van der Waals surface area contributed by atoms with E-state index in [1.165, 1.54) is 161 Å². The fraction of sp³-hybridized carbons (Fsp3) is 0.946. The average Bonchev–Trinajstić information content (AvgIpc) is 0.771. The van der Waals surface area contributed by atoms with E-state index in [-0.39, 0.29) is 12.8 Å². The molecule has 0 unspecified atom stereocenters. The number of hydrogen-bond acceptors (Lipinski definition) is 20. The molecule has 2 amide bonds. The van der Waals surface area contributed by atoms with Crippen LogP contribution in [0.3, 0.4) is 0 Å². The van der Waals surface area contributed by atoms with E-state index in [0.29, 0.717) is 25.7 Å². The number of unbranched alkanes of at least 4 members (excludes halogenated alkanes) is 38. The summed E-state index contributed by atoms with van der Waals surface area (Å²) in [7, 11) is -5.51. The molecule has 0 aromatic heterocycles. The van der Waals surface area contributed by atoms with Gasteiger partial charge in [0.2, 0.25) is 11.8 Å². The van der Waals surface area contributed by atoms with Crippen LogP contribution in [0.25, 0.3) is 0 Å². The average molecular weight is 1460 g/mol. The molecule has 3 heterocycles. The summed E-state index contributed by atoms with van der Waals surface area (Å²) in [4.78, 5) is 74.4. The number of amides is 2. The summed E-state index contributed by atoms with van der Waals surface area (Å²) in [6.45, 7) is 4.68. The first-order chi connectivity index (χ1) is 48.0. The molecule has 17 atom stereocenters. The number of nitrogens with one attached hydrogen (secondary N) is 2. The van der Waals surface area contributed by atoms with Crippen LogP contribution in [0.1, 0.15) is 329 Å². The third kappa shape index (κ3) is 38.1. The molecule has 0 saturated carbocycles. The number of aliphatic carboxylic acids is 1. The first-order valence-electron chi connectivity index (χ1n) is 39.4. The van der Waals surface area contributed by atoms with Gasteiger partial charge in [0.05, 0.1) is 44.4 Å². The van der Waals surface area contributed by atoms with Crippen LogP contribution in [0.4, 0.5) is 0 Å². The topological polar surface area (TPSA) is 408 Å². The van der Waals surface area contributed by atoms with Gasteiger partial charge < -0.3 is 95.2 Å². The van der Waals surface area contributed by atoms with Crippen molar-refractivity contribution in [3.8, 4) is 0 Å². The largest absolute Gasteiger partial charge is 0.479 e. The number of carboxylic acids is 1. The van der Waals surface area contributed by atoms with E-state index in [2.05, 4.69) is 31.4 Å². The Morgan fingerprint density at radius 2 is 0.880 bits per heavy atom. The number of phosphoric acid groups is 1. The maximum Gasteiger partial charge on any atom is 0.472 e. The van der Waals surface area contributed by atoms with Crippen LogP contribution < -0.4 is 10.6 Å². The molecule has 3 fully saturated rings. The summed E-state index contributed by atoms with van der Waals surface area (Å²) < 4.78 is 47.0. The molecule has 588 valence electrons. The number of carbonyl (C=O) groups excluding carboxylic acids is 3. The second-order valence-corrected chi connectivity index (χ2v) is 30.4. The Balaban J connectivity index is 1.78. The highest BCUT2D eigenvalue weighted by Crippen LogP contribution is 2.42. The summed E-state index contributed by atoms with van der Waals surface area (Å²) >= 11 is 0. The predicted molar refractivity (Wildman–Crippen MR) is 379 cm³/mol. The number of rotatable bonds is 61. The van der Waals surface area contributed by atoms with Crippen molar-refractivity contribution in [2.24, 2.45) is 0 Å². The molecule has 3 aliphatic heterocycles. The molecule has 0 spiro atoms. The minimum Gasteiger partial charge on any atom is -0.479 e. The second kappa shape index (κ2) is 54.1. The van der Waals surface area contributed by atoms with Crippen molar-refractivity contribution in [1.82, 2.24) is 10.6 Å². The lowest BCUT2D eigenvalue weighted by atomic mass is 9.80. The van der Waals surface area contributed by atoms with E-state index in [9.17, 15) is 84.6 Å². The van der Waals surface area contributed by atoms with Gasteiger partial charge in [-0.1, -0.05) is 271 Å². The van der Waals surface area contributed by atoms with Crippen LogP contribution >= 0.6 is 7.82 Å². The Morgan fingerprint density at radius 1 is 0.500 bits per heavy atom. The number of carboxylic acid groups (broad SMARTS) is 1. The predicted octanol–water partition coefficient (Wildman–Crippen LogP) is 10.3. The van der Waals surface area contributed by atoms with Gasteiger partial charge in [-0.2, -0.15) is 0 Å². The zero-order valence-corrected chi connectivity index (χ0v) is 62.3. The molecule has 0 aliphatic carbocycles. The Morgan fingerprint density at radius 3 is 1.30 bits per heavy atom. The third-order valence-electron chi connectivity index (χ3n) is 20.2. The van der Waals surface area contributed by atoms with Crippen LogP contribution in [-0.4, -0.2) is 201 Å². The molecule has 3 saturated heterocycles. The highest BCUT2D eigenvalue weighted by Gasteiger charge is 2.57. The maximum absolute atomic E-state index is 14.4. The minimum absolute atomic E-state index is 0.130. The first kappa shape index (κ1) is 91.7. The van der Waals surface area contributed by atoms with Gasteiger partial charge in [0.25, 0.3) is 0 Å². The summed E-state index contributed by atoms with van der Waals surface area (Å²) in [6, 6.07) is -3.62. The van der Waals surface area contributed by atoms with E-state index < -0.39 is 174 Å². The number of aliphatic hydroxyl groups excluding tert-OH is 9. The Kier molecular flexibility index (Phi) is 49.6. The van der Waals surface area contributed by atoms with Crippen molar-refractivity contribution in [2.45, 2.75) is 432 Å². The van der Waals surface area contributed by atoms with E-state index in [4.69, 9.17) is 28.2 Å². The molecular formula is C74H139N2O23P. The fourth-order valence-electron chi connectivity index (χ4n) is 14.1. The smallest absolute Gasteiger partial charge is 0.472 e. The number of esters is 1. The van der Waals surface area contributed by atoms with Crippen molar-refractivity contribution in [1.29, 1.82) is 0 Å². The summed E-state index contributed by atoms with van der Waals surface area (Å²) in [5, 5.41) is 115. The van der Waals surface area contributed by atoms with E-state index in [0.717, 1.165) is 83.5 Å². The SMILES string of the molecule is CCCCCCCCCCCCCCCCCC(=O)O[C@H](CCCCCCCCCCCCCCC)CC(=O)N[C@H]1[C@H](OC[C@H]2O[C@H](OP(=O)(O)O)[C@H](NC(=O)C[C@H](O)CCCCCCCCCCCCCCC)[C@@H](O)[C@@H]2O)O[C@H](C[C@]2(C(=O)O)C[C@@H](O)[C@@H](O)[C@@H]([C@H](O)CO)O2)[C@@H](O)[C@@H]1O. The van der Waals surface area contributed by atoms with Gasteiger partial charge in [0.1, 0.15) is 67.0 Å². The van der Waals surface area contributed by atoms with Gasteiger partial charge >= 0.3 is 19.8 Å². The van der Waals surface area contributed by atoms with Crippen molar-refractivity contribution in [3.63, 3.8) is 0 Å². The molecule has 26 heteroatoms. The Labute approximate surface area is 598 Å². The van der Waals surface area contributed by atoms with Crippen LogP contribution in [0.15, 0.2) is 0 Å². The molecule has 0 aromatic carbocycles. The monoisotopic (exact) mass is 1450 g/mol. The van der Waals surface area contributed by atoms with Gasteiger partial charge in [-0.25, -0.2) is 9.36 Å². The van der Waals surface area contributed by atoms with Gasteiger partial charge in [-0.05, 0) is 25.7 Å². The Hall–Kier alpha value is -2.53. The quantitative estimate of drug-likeness (QED) is 0.0153. The van der Waals surface area contributed by atoms with E-state index >= 15 is 0 Å². The lowest BCUT2D eigenvalue weighted by Crippen LogP contribution is -2.68. The summed E-state index contributed by atoms with van der Waals surface area (Å²) in [5.41, 5.74) is -2.59. The molecule has 3 aliphatic rings. The number of carbonyl (C=O) groups is 4. The van der Waals surface area contributed by atoms with E-state index in [1.807, 2.05) is 0 Å². The van der Waals surface area contributed by atoms with Gasteiger partial charge in [0.15, 0.2) is 18.2 Å². The summed E-state index contributed by atoms with van der Waals surface area (Å²) in [6.07, 6.45) is 18.4. The molecule has 14 N–H and O–H groups in total. The molecule has 3 rings (SSSR count). The third-order valence-corrected chi connectivity index (χ3v) is 20.7. The van der Waals surface area contributed by atoms with E-state index in [1.54, 1.807) is 0 Å². The molecular weight excluding hydrogens is 1320 g/mol. The normalized spacial score (nSPS) is 26.6. The molecule has 25 nitrogen and oxygen atoms in total. The second-order valence-electron chi connectivity index (χ2n) is 29.2. The summed E-state index contributed by atoms with van der Waals surface area (Å²) in [5.74, 6) is -3.94. The van der Waals surface area contributed by atoms with Gasteiger partial charge in [-0.15, -0.1) is 0 Å². The first-order valence-corrected chi connectivity index (χ1v) is 40.9. The standard InChI is InChI=1S/C74H139N2O23P/c1-4-7-10-13-16-19-22-25-26-29-32-35-38-41-44-47-62(83)95-55(46-43-40-37-34-31-28-24-21-18-15-12-9-6-3)49-61(82)76-63-68(87)66(85)58(51-74(73(89)90)50-56(79)65(84)70(98-74)57(80)52-77)96-71(63)94-53-59-67(86)69(88)64(72(97-59)99-100(91,92)93)75-60(81)48-54(78)45-42-39-36-33-30-27-23-20-17-14-11-8-5-2/h54-59,63-72,77-80,84-88H,4-53H2,1-3H3,(H,75,81)(H,76,82)(H,89,90)(H2,91,92,93)/t54-,55-,56-,57-,58-,59-,63-,64-,65-,66-,67-,68-,69-,70-,71-,72-,74+/m1/s1. The molecule has 0 aromatic rings. The van der Waals surface area contributed by atoms with Gasteiger partial charge in [-0.3, -0.25) is 18.9 Å². The lowest BCUT2D eigenvalue weighted by molar-refractivity contribution is -0.304.